The lowest BCUT2D eigenvalue weighted by Gasteiger charge is -2.21. The third-order valence-corrected chi connectivity index (χ3v) is 3.75. The normalized spacial score (nSPS) is 13.2. The maximum absolute atomic E-state index is 12.3. The first kappa shape index (κ1) is 27.2. The molecule has 0 aromatic rings. The Morgan fingerprint density at radius 3 is 1.84 bits per heavy atom. The first-order valence-electron chi connectivity index (χ1n) is 8.91. The van der Waals surface area contributed by atoms with Crippen molar-refractivity contribution in [2.75, 3.05) is 6.54 Å². The highest BCUT2D eigenvalue weighted by Crippen LogP contribution is 2.03. The van der Waals surface area contributed by atoms with E-state index >= 15 is 0 Å². The van der Waals surface area contributed by atoms with Crippen LogP contribution < -0.4 is 27.4 Å². The van der Waals surface area contributed by atoms with Crippen molar-refractivity contribution in [1.29, 1.82) is 0 Å². The molecule has 0 fully saturated rings. The molecule has 0 aliphatic rings. The number of primary amides is 1. The summed E-state index contributed by atoms with van der Waals surface area (Å²) >= 11 is 0. The Bertz CT molecular complexity index is 726. The highest BCUT2D eigenvalue weighted by atomic mass is 16.4. The van der Waals surface area contributed by atoms with Gasteiger partial charge in [0, 0.05) is 12.8 Å². The monoisotopic (exact) mass is 447 g/mol. The molecule has 15 nitrogen and oxygen atoms in total. The van der Waals surface area contributed by atoms with E-state index in [0.717, 1.165) is 0 Å². The van der Waals surface area contributed by atoms with Gasteiger partial charge in [-0.1, -0.05) is 0 Å². The van der Waals surface area contributed by atoms with Gasteiger partial charge in [0.25, 0.3) is 0 Å². The van der Waals surface area contributed by atoms with Crippen LogP contribution in [-0.4, -0.2) is 81.5 Å². The quantitative estimate of drug-likeness (QED) is 0.120. The molecule has 0 bridgehead atoms. The maximum Gasteiger partial charge on any atom is 0.326 e. The standard InChI is InChI=1S/C16H25N5O10/c17-7(5-13(26)27)14(28)19-6-11(23)20-8(2-4-12(24)25)15(29)21-9(16(30)31)1-3-10(18)22/h7-9H,1-6,17H2,(H2,18,22)(H,19,28)(H,20,23)(H,21,29)(H,24,25)(H,26,27)(H,30,31). The molecule has 0 radical (unpaired) electrons. The van der Waals surface area contributed by atoms with Gasteiger partial charge < -0.3 is 42.7 Å². The van der Waals surface area contributed by atoms with Crippen LogP contribution in [0, 0.1) is 0 Å². The van der Waals surface area contributed by atoms with Gasteiger partial charge in [0.15, 0.2) is 0 Å². The number of hydrogen-bond acceptors (Lipinski definition) is 8. The third-order valence-electron chi connectivity index (χ3n) is 3.75. The zero-order chi connectivity index (χ0) is 24.1. The van der Waals surface area contributed by atoms with Crippen molar-refractivity contribution in [3.8, 4) is 0 Å². The van der Waals surface area contributed by atoms with Crippen molar-refractivity contribution in [2.45, 2.75) is 50.2 Å². The number of carbonyl (C=O) groups is 7. The average molecular weight is 447 g/mol. The summed E-state index contributed by atoms with van der Waals surface area (Å²) in [6.45, 7) is -0.701. The van der Waals surface area contributed by atoms with E-state index in [9.17, 15) is 33.6 Å². The molecule has 31 heavy (non-hydrogen) atoms. The lowest BCUT2D eigenvalue weighted by molar-refractivity contribution is -0.143. The smallest absolute Gasteiger partial charge is 0.326 e. The number of nitrogens with one attached hydrogen (secondary N) is 3. The number of amides is 4. The van der Waals surface area contributed by atoms with Crippen molar-refractivity contribution in [3.05, 3.63) is 0 Å². The first-order valence-corrected chi connectivity index (χ1v) is 8.91. The average Bonchev–Trinajstić information content (AvgIpc) is 2.64. The molecule has 0 spiro atoms. The van der Waals surface area contributed by atoms with Gasteiger partial charge in [0.2, 0.25) is 23.6 Å². The second-order valence-corrected chi connectivity index (χ2v) is 6.38. The summed E-state index contributed by atoms with van der Waals surface area (Å²) < 4.78 is 0. The molecule has 3 atom stereocenters. The Labute approximate surface area is 175 Å². The molecule has 4 amide bonds. The highest BCUT2D eigenvalue weighted by Gasteiger charge is 2.27. The first-order chi connectivity index (χ1) is 14.3. The third kappa shape index (κ3) is 12.4. The molecular weight excluding hydrogens is 422 g/mol. The van der Waals surface area contributed by atoms with E-state index in [0.29, 0.717) is 0 Å². The van der Waals surface area contributed by atoms with E-state index in [1.165, 1.54) is 0 Å². The van der Waals surface area contributed by atoms with Crippen LogP contribution in [0.4, 0.5) is 0 Å². The largest absolute Gasteiger partial charge is 0.481 e. The minimum Gasteiger partial charge on any atom is -0.481 e. The van der Waals surface area contributed by atoms with E-state index in [1.54, 1.807) is 0 Å². The van der Waals surface area contributed by atoms with E-state index in [-0.39, 0.29) is 12.8 Å². The second-order valence-electron chi connectivity index (χ2n) is 6.38. The van der Waals surface area contributed by atoms with Crippen molar-refractivity contribution in [2.24, 2.45) is 11.5 Å². The molecule has 0 rings (SSSR count). The van der Waals surface area contributed by atoms with Gasteiger partial charge in [-0.25, -0.2) is 4.79 Å². The Hall–Kier alpha value is -3.75. The lowest BCUT2D eigenvalue weighted by atomic mass is 10.1. The molecule has 3 unspecified atom stereocenters. The second kappa shape index (κ2) is 13.5. The van der Waals surface area contributed by atoms with Crippen LogP contribution in [0.25, 0.3) is 0 Å². The summed E-state index contributed by atoms with van der Waals surface area (Å²) in [4.78, 5) is 79.3. The molecule has 0 saturated heterocycles. The zero-order valence-corrected chi connectivity index (χ0v) is 16.3. The Kier molecular flexibility index (Phi) is 11.8. The number of nitrogens with two attached hydrogens (primary N) is 2. The van der Waals surface area contributed by atoms with E-state index < -0.39 is 85.5 Å². The van der Waals surface area contributed by atoms with Gasteiger partial charge >= 0.3 is 17.9 Å². The van der Waals surface area contributed by atoms with E-state index in [4.69, 9.17) is 26.8 Å². The fourth-order valence-electron chi connectivity index (χ4n) is 2.18. The molecule has 15 heteroatoms. The van der Waals surface area contributed by atoms with Crippen LogP contribution >= 0.6 is 0 Å². The van der Waals surface area contributed by atoms with Crippen LogP contribution in [0.1, 0.15) is 32.1 Å². The number of carboxylic acids is 3. The van der Waals surface area contributed by atoms with Gasteiger partial charge in [0.05, 0.1) is 19.0 Å². The number of carbonyl (C=O) groups excluding carboxylic acids is 4. The van der Waals surface area contributed by atoms with E-state index in [2.05, 4.69) is 16.0 Å². The minimum absolute atomic E-state index is 0.326. The minimum atomic E-state index is -1.52. The van der Waals surface area contributed by atoms with Gasteiger partial charge in [0.1, 0.15) is 12.1 Å². The summed E-state index contributed by atoms with van der Waals surface area (Å²) in [6, 6.07) is -4.40. The number of rotatable bonds is 15. The topological polar surface area (TPSA) is 268 Å². The van der Waals surface area contributed by atoms with Crippen LogP contribution in [-0.2, 0) is 33.6 Å². The summed E-state index contributed by atoms with van der Waals surface area (Å²) in [5.41, 5.74) is 10.3. The number of hydrogen-bond donors (Lipinski definition) is 8. The van der Waals surface area contributed by atoms with Crippen molar-refractivity contribution >= 4 is 41.5 Å². The molecular formula is C16H25N5O10. The summed E-state index contributed by atoms with van der Waals surface area (Å²) in [6.07, 6.45) is -2.30. The molecule has 0 aromatic heterocycles. The van der Waals surface area contributed by atoms with Crippen molar-refractivity contribution < 1.29 is 48.9 Å². The van der Waals surface area contributed by atoms with Crippen LogP contribution in [0.15, 0.2) is 0 Å². The summed E-state index contributed by atoms with van der Waals surface area (Å²) in [5, 5.41) is 32.8. The molecule has 10 N–H and O–H groups in total. The summed E-state index contributed by atoms with van der Waals surface area (Å²) in [5.74, 6) is -7.80. The fourth-order valence-corrected chi connectivity index (χ4v) is 2.18. The Morgan fingerprint density at radius 2 is 1.35 bits per heavy atom. The molecule has 0 aliphatic heterocycles. The van der Waals surface area contributed by atoms with Gasteiger partial charge in [-0.2, -0.15) is 0 Å². The predicted octanol–water partition coefficient (Wildman–Crippen LogP) is -3.91. The number of carboxylic acid groups (broad SMARTS) is 3. The van der Waals surface area contributed by atoms with E-state index in [1.807, 2.05) is 0 Å². The zero-order valence-electron chi connectivity index (χ0n) is 16.3. The van der Waals surface area contributed by atoms with Gasteiger partial charge in [-0.15, -0.1) is 0 Å². The predicted molar refractivity (Wildman–Crippen MR) is 100 cm³/mol. The van der Waals surface area contributed by atoms with Crippen LogP contribution in [0.3, 0.4) is 0 Å². The molecule has 0 aliphatic carbocycles. The van der Waals surface area contributed by atoms with Crippen molar-refractivity contribution in [1.82, 2.24) is 16.0 Å². The van der Waals surface area contributed by atoms with Gasteiger partial charge in [-0.3, -0.25) is 28.8 Å². The van der Waals surface area contributed by atoms with Crippen molar-refractivity contribution in [3.63, 3.8) is 0 Å². The summed E-state index contributed by atoms with van der Waals surface area (Å²) in [7, 11) is 0. The molecule has 0 aromatic carbocycles. The number of aliphatic carboxylic acids is 3. The SMILES string of the molecule is NC(=O)CCC(NC(=O)C(CCC(=O)O)NC(=O)CNC(=O)C(N)CC(=O)O)C(=O)O. The van der Waals surface area contributed by atoms with Crippen LogP contribution in [0.5, 0.6) is 0 Å². The highest BCUT2D eigenvalue weighted by molar-refractivity contribution is 5.93. The molecule has 0 saturated carbocycles. The maximum atomic E-state index is 12.3. The Balaban J connectivity index is 5.01. The lowest BCUT2D eigenvalue weighted by Crippen LogP contribution is -2.54. The molecule has 0 heterocycles. The Morgan fingerprint density at radius 1 is 0.774 bits per heavy atom. The van der Waals surface area contributed by atoms with Gasteiger partial charge in [-0.05, 0) is 12.8 Å². The van der Waals surface area contributed by atoms with Crippen LogP contribution in [0.2, 0.25) is 0 Å². The molecule has 174 valence electrons. The fraction of sp³-hybridized carbons (Fsp3) is 0.562.